The van der Waals surface area contributed by atoms with Crippen LogP contribution in [0.4, 0.5) is 5.69 Å². The van der Waals surface area contributed by atoms with E-state index in [1.807, 2.05) is 56.3 Å². The lowest BCUT2D eigenvalue weighted by molar-refractivity contribution is -0.138. The van der Waals surface area contributed by atoms with Crippen LogP contribution in [0.2, 0.25) is 5.02 Å². The molecule has 0 aliphatic carbocycles. The Hall–Kier alpha value is -3.31. The zero-order valence-electron chi connectivity index (χ0n) is 18.6. The van der Waals surface area contributed by atoms with Crippen LogP contribution in [-0.4, -0.2) is 23.0 Å². The van der Waals surface area contributed by atoms with E-state index in [0.29, 0.717) is 5.56 Å². The minimum Gasteiger partial charge on any atom is -0.480 e. The van der Waals surface area contributed by atoms with Crippen LogP contribution in [0.15, 0.2) is 60.7 Å². The maximum absolute atomic E-state index is 12.4. The number of hydrogen-bond donors (Lipinski definition) is 3. The third kappa shape index (κ3) is 5.48. The summed E-state index contributed by atoms with van der Waals surface area (Å²) in [5.74, 6) is -1.47. The number of anilines is 1. The molecule has 166 valence electrons. The number of carbonyl (C=O) groups is 2. The van der Waals surface area contributed by atoms with E-state index in [9.17, 15) is 9.59 Å². The molecule has 0 radical (unpaired) electrons. The molecule has 3 rings (SSSR count). The van der Waals surface area contributed by atoms with Crippen LogP contribution < -0.4 is 10.6 Å². The third-order valence-corrected chi connectivity index (χ3v) is 5.87. The smallest absolute Gasteiger partial charge is 0.325 e. The van der Waals surface area contributed by atoms with Crippen molar-refractivity contribution >= 4 is 29.2 Å². The summed E-state index contributed by atoms with van der Waals surface area (Å²) in [6.07, 6.45) is 0. The molecule has 0 aliphatic rings. The number of aliphatic carboxylic acids is 1. The summed E-state index contributed by atoms with van der Waals surface area (Å²) < 4.78 is 0. The van der Waals surface area contributed by atoms with Gasteiger partial charge in [-0.15, -0.1) is 0 Å². The Bertz CT molecular complexity index is 1160. The van der Waals surface area contributed by atoms with Gasteiger partial charge >= 0.3 is 5.97 Å². The zero-order valence-corrected chi connectivity index (χ0v) is 19.3. The summed E-state index contributed by atoms with van der Waals surface area (Å²) >= 11 is 6.14. The van der Waals surface area contributed by atoms with Crippen LogP contribution in [0.3, 0.4) is 0 Å². The summed E-state index contributed by atoms with van der Waals surface area (Å²) in [7, 11) is 0. The molecule has 1 amide bonds. The highest BCUT2D eigenvalue weighted by atomic mass is 35.5. The summed E-state index contributed by atoms with van der Waals surface area (Å²) in [6.45, 7) is 7.38. The van der Waals surface area contributed by atoms with Crippen molar-refractivity contribution in [3.8, 4) is 11.1 Å². The van der Waals surface area contributed by atoms with Crippen molar-refractivity contribution in [2.45, 2.75) is 39.8 Å². The van der Waals surface area contributed by atoms with Crippen LogP contribution in [0.25, 0.3) is 11.1 Å². The van der Waals surface area contributed by atoms with E-state index in [1.165, 1.54) is 6.92 Å². The summed E-state index contributed by atoms with van der Waals surface area (Å²) in [6, 6.07) is 18.8. The molecule has 0 heterocycles. The van der Waals surface area contributed by atoms with Crippen molar-refractivity contribution in [1.82, 2.24) is 5.32 Å². The summed E-state index contributed by atoms with van der Waals surface area (Å²) in [5, 5.41) is 15.8. The van der Waals surface area contributed by atoms with Gasteiger partial charge in [-0.2, -0.15) is 0 Å². The number of benzene rings is 3. The van der Waals surface area contributed by atoms with Crippen molar-refractivity contribution in [3.05, 3.63) is 87.9 Å². The first-order valence-electron chi connectivity index (χ1n) is 10.4. The first-order valence-corrected chi connectivity index (χ1v) is 10.8. The van der Waals surface area contributed by atoms with E-state index >= 15 is 0 Å². The summed E-state index contributed by atoms with van der Waals surface area (Å²) in [5.41, 5.74) is 6.41. The van der Waals surface area contributed by atoms with Gasteiger partial charge in [0.2, 0.25) is 0 Å². The molecule has 0 aromatic heterocycles. The molecule has 3 aromatic rings. The van der Waals surface area contributed by atoms with Gasteiger partial charge in [0.15, 0.2) is 0 Å². The molecule has 0 aliphatic heterocycles. The van der Waals surface area contributed by atoms with Gasteiger partial charge in [0.1, 0.15) is 6.04 Å². The third-order valence-electron chi connectivity index (χ3n) is 5.45. The lowest BCUT2D eigenvalue weighted by atomic mass is 9.98. The Morgan fingerprint density at radius 2 is 1.62 bits per heavy atom. The Balaban J connectivity index is 1.78. The Kier molecular flexibility index (Phi) is 7.21. The van der Waals surface area contributed by atoms with Crippen molar-refractivity contribution < 1.29 is 14.7 Å². The van der Waals surface area contributed by atoms with E-state index in [1.54, 1.807) is 6.07 Å². The lowest BCUT2D eigenvalue weighted by Crippen LogP contribution is -2.38. The van der Waals surface area contributed by atoms with Crippen LogP contribution >= 0.6 is 11.6 Å². The molecular formula is C26H27ClN2O3. The standard InChI is InChI=1S/C26H27ClN2O3/c1-15-12-21(8-10-23(15)25(30)29-18(4)26(31)32)20-6-5-7-22(14-20)28-17(3)19-9-11-24(27)16(2)13-19/h5-14,17-18,28H,1-4H3,(H,29,30)(H,31,32)/t17-,18?/m0/s1. The van der Waals surface area contributed by atoms with Crippen molar-refractivity contribution in [3.63, 3.8) is 0 Å². The van der Waals surface area contributed by atoms with Crippen LogP contribution in [0.1, 0.15) is 46.9 Å². The van der Waals surface area contributed by atoms with Crippen molar-refractivity contribution in [2.24, 2.45) is 0 Å². The average Bonchev–Trinajstić information content (AvgIpc) is 2.75. The predicted octanol–water partition coefficient (Wildman–Crippen LogP) is 6.00. The molecule has 5 nitrogen and oxygen atoms in total. The Labute approximate surface area is 193 Å². The van der Waals surface area contributed by atoms with Crippen molar-refractivity contribution in [1.29, 1.82) is 0 Å². The fourth-order valence-electron chi connectivity index (χ4n) is 3.49. The fraction of sp³-hybridized carbons (Fsp3) is 0.231. The number of aryl methyl sites for hydroxylation is 2. The molecule has 0 saturated carbocycles. The highest BCUT2D eigenvalue weighted by Gasteiger charge is 2.17. The van der Waals surface area contributed by atoms with Gasteiger partial charge in [0, 0.05) is 22.3 Å². The predicted molar refractivity (Wildman–Crippen MR) is 129 cm³/mol. The van der Waals surface area contributed by atoms with E-state index in [-0.39, 0.29) is 6.04 Å². The Morgan fingerprint density at radius 3 is 2.28 bits per heavy atom. The highest BCUT2D eigenvalue weighted by Crippen LogP contribution is 2.28. The highest BCUT2D eigenvalue weighted by molar-refractivity contribution is 6.31. The van der Waals surface area contributed by atoms with Gasteiger partial charge in [-0.25, -0.2) is 0 Å². The molecule has 0 spiro atoms. The van der Waals surface area contributed by atoms with Gasteiger partial charge in [-0.3, -0.25) is 9.59 Å². The second-order valence-electron chi connectivity index (χ2n) is 8.02. The molecular weight excluding hydrogens is 424 g/mol. The summed E-state index contributed by atoms with van der Waals surface area (Å²) in [4.78, 5) is 23.4. The Morgan fingerprint density at radius 1 is 0.906 bits per heavy atom. The molecule has 6 heteroatoms. The quantitative estimate of drug-likeness (QED) is 0.412. The largest absolute Gasteiger partial charge is 0.480 e. The second kappa shape index (κ2) is 9.88. The minimum absolute atomic E-state index is 0.102. The topological polar surface area (TPSA) is 78.4 Å². The number of carboxylic acids is 1. The maximum Gasteiger partial charge on any atom is 0.325 e. The molecule has 2 atom stereocenters. The molecule has 0 bridgehead atoms. The van der Waals surface area contributed by atoms with E-state index < -0.39 is 17.9 Å². The first kappa shape index (κ1) is 23.4. The molecule has 3 N–H and O–H groups in total. The van der Waals surface area contributed by atoms with Crippen LogP contribution in [0.5, 0.6) is 0 Å². The zero-order chi connectivity index (χ0) is 23.4. The van der Waals surface area contributed by atoms with E-state index in [0.717, 1.165) is 38.5 Å². The van der Waals surface area contributed by atoms with E-state index in [4.69, 9.17) is 16.7 Å². The SMILES string of the molecule is Cc1cc([C@H](C)Nc2cccc(-c3ccc(C(=O)NC(C)C(=O)O)c(C)c3)c2)ccc1Cl. The number of carbonyl (C=O) groups excluding carboxylic acids is 1. The monoisotopic (exact) mass is 450 g/mol. The molecule has 1 unspecified atom stereocenters. The van der Waals surface area contributed by atoms with Gasteiger partial charge in [0.05, 0.1) is 0 Å². The van der Waals surface area contributed by atoms with Gasteiger partial charge in [-0.1, -0.05) is 48.0 Å². The minimum atomic E-state index is -1.07. The lowest BCUT2D eigenvalue weighted by Gasteiger charge is -2.18. The molecule has 0 fully saturated rings. The fourth-order valence-corrected chi connectivity index (χ4v) is 3.61. The number of carboxylic acid groups (broad SMARTS) is 1. The molecule has 3 aromatic carbocycles. The van der Waals surface area contributed by atoms with E-state index in [2.05, 4.69) is 29.7 Å². The number of nitrogens with one attached hydrogen (secondary N) is 2. The maximum atomic E-state index is 12.4. The normalized spacial score (nSPS) is 12.7. The van der Waals surface area contributed by atoms with Crippen LogP contribution in [0, 0.1) is 13.8 Å². The molecule has 0 saturated heterocycles. The van der Waals surface area contributed by atoms with Crippen molar-refractivity contribution in [2.75, 3.05) is 5.32 Å². The number of halogens is 1. The van der Waals surface area contributed by atoms with Gasteiger partial charge < -0.3 is 15.7 Å². The number of amides is 1. The number of hydrogen-bond acceptors (Lipinski definition) is 3. The number of rotatable bonds is 7. The van der Waals surface area contributed by atoms with Crippen LogP contribution in [-0.2, 0) is 4.79 Å². The molecule has 32 heavy (non-hydrogen) atoms. The average molecular weight is 451 g/mol. The first-order chi connectivity index (χ1) is 15.2. The second-order valence-corrected chi connectivity index (χ2v) is 8.43. The van der Waals surface area contributed by atoms with Gasteiger partial charge in [-0.05, 0) is 79.8 Å². The van der Waals surface area contributed by atoms with Gasteiger partial charge in [0.25, 0.3) is 5.91 Å².